The Morgan fingerprint density at radius 3 is 2.94 bits per heavy atom. The van der Waals surface area contributed by atoms with Crippen LogP contribution < -0.4 is 5.32 Å². The van der Waals surface area contributed by atoms with Crippen molar-refractivity contribution in [2.24, 2.45) is 5.41 Å². The zero-order valence-corrected chi connectivity index (χ0v) is 11.4. The van der Waals surface area contributed by atoms with Crippen molar-refractivity contribution in [2.45, 2.75) is 58.9 Å². The number of hydrogen-bond acceptors (Lipinski definition) is 3. The number of nitrogens with zero attached hydrogens (tertiary/aromatic N) is 2. The van der Waals surface area contributed by atoms with Crippen molar-refractivity contribution in [3.63, 3.8) is 0 Å². The number of hydrogen-bond donors (Lipinski definition) is 2. The van der Waals surface area contributed by atoms with Crippen LogP contribution in [0.4, 0.5) is 0 Å². The van der Waals surface area contributed by atoms with E-state index in [4.69, 9.17) is 0 Å². The lowest BCUT2D eigenvalue weighted by molar-refractivity contribution is 0.0899. The molecule has 1 fully saturated rings. The van der Waals surface area contributed by atoms with Crippen LogP contribution in [0.2, 0.25) is 0 Å². The molecule has 0 bridgehead atoms. The van der Waals surface area contributed by atoms with E-state index in [-0.39, 0.29) is 23.2 Å². The standard InChI is InChI=1S/C13H22N4O/c1-4-6-10-15-11(17-16-10)12(18)14-9-7-5-8-13(9,2)3/h9H,4-8H2,1-3H3,(H,14,18)(H,15,16,17). The Hall–Kier alpha value is -1.39. The van der Waals surface area contributed by atoms with Gasteiger partial charge in [0.1, 0.15) is 5.82 Å². The monoisotopic (exact) mass is 250 g/mol. The van der Waals surface area contributed by atoms with Crippen molar-refractivity contribution in [3.05, 3.63) is 11.6 Å². The molecule has 100 valence electrons. The number of aromatic nitrogens is 3. The minimum absolute atomic E-state index is 0.159. The van der Waals surface area contributed by atoms with Crippen LogP contribution in [0.5, 0.6) is 0 Å². The number of nitrogens with one attached hydrogen (secondary N) is 2. The summed E-state index contributed by atoms with van der Waals surface area (Å²) in [5.74, 6) is 0.892. The first-order chi connectivity index (χ1) is 8.53. The van der Waals surface area contributed by atoms with Gasteiger partial charge in [-0.15, -0.1) is 5.10 Å². The summed E-state index contributed by atoms with van der Waals surface area (Å²) in [4.78, 5) is 16.3. The summed E-state index contributed by atoms with van der Waals surface area (Å²) in [6.45, 7) is 6.47. The van der Waals surface area contributed by atoms with E-state index in [1.54, 1.807) is 0 Å². The van der Waals surface area contributed by atoms with Crippen LogP contribution in [-0.2, 0) is 6.42 Å². The van der Waals surface area contributed by atoms with E-state index in [0.29, 0.717) is 0 Å². The molecular formula is C13H22N4O. The molecule has 0 radical (unpaired) electrons. The van der Waals surface area contributed by atoms with Crippen LogP contribution in [0, 0.1) is 5.41 Å². The molecule has 1 amide bonds. The Bertz CT molecular complexity index is 424. The molecule has 5 nitrogen and oxygen atoms in total. The number of aryl methyl sites for hydroxylation is 1. The van der Waals surface area contributed by atoms with E-state index in [2.05, 4.69) is 41.3 Å². The van der Waals surface area contributed by atoms with Gasteiger partial charge in [0.05, 0.1) is 0 Å². The SMILES string of the molecule is CCCc1nc(C(=O)NC2CCCC2(C)C)n[nH]1. The molecule has 0 spiro atoms. The van der Waals surface area contributed by atoms with Gasteiger partial charge in [0, 0.05) is 12.5 Å². The molecule has 2 rings (SSSR count). The number of carbonyl (C=O) groups is 1. The molecule has 1 saturated carbocycles. The lowest BCUT2D eigenvalue weighted by Crippen LogP contribution is -2.41. The van der Waals surface area contributed by atoms with E-state index >= 15 is 0 Å². The fraction of sp³-hybridized carbons (Fsp3) is 0.769. The van der Waals surface area contributed by atoms with Gasteiger partial charge in [-0.2, -0.15) is 0 Å². The summed E-state index contributed by atoms with van der Waals surface area (Å²) in [6.07, 6.45) is 5.20. The van der Waals surface area contributed by atoms with Crippen molar-refractivity contribution in [1.29, 1.82) is 0 Å². The summed E-state index contributed by atoms with van der Waals surface area (Å²) >= 11 is 0. The Morgan fingerprint density at radius 2 is 2.33 bits per heavy atom. The molecule has 1 heterocycles. The molecule has 0 aliphatic heterocycles. The maximum absolute atomic E-state index is 12.0. The quantitative estimate of drug-likeness (QED) is 0.859. The molecular weight excluding hydrogens is 228 g/mol. The lowest BCUT2D eigenvalue weighted by Gasteiger charge is -2.27. The summed E-state index contributed by atoms with van der Waals surface area (Å²) in [7, 11) is 0. The molecule has 18 heavy (non-hydrogen) atoms. The highest BCUT2D eigenvalue weighted by atomic mass is 16.2. The Labute approximate surface area is 108 Å². The second-order valence-corrected chi connectivity index (χ2v) is 5.76. The van der Waals surface area contributed by atoms with E-state index in [1.165, 1.54) is 6.42 Å². The van der Waals surface area contributed by atoms with Gasteiger partial charge in [-0.25, -0.2) is 4.98 Å². The second kappa shape index (κ2) is 5.08. The van der Waals surface area contributed by atoms with Crippen molar-refractivity contribution < 1.29 is 4.79 Å². The largest absolute Gasteiger partial charge is 0.346 e. The first-order valence-electron chi connectivity index (χ1n) is 6.75. The number of H-pyrrole nitrogens is 1. The highest BCUT2D eigenvalue weighted by molar-refractivity contribution is 5.90. The van der Waals surface area contributed by atoms with Gasteiger partial charge in [0.2, 0.25) is 5.82 Å². The van der Waals surface area contributed by atoms with Gasteiger partial charge in [0.15, 0.2) is 0 Å². The Kier molecular flexibility index (Phi) is 3.68. The minimum Gasteiger partial charge on any atom is -0.346 e. The number of aromatic amines is 1. The maximum atomic E-state index is 12.0. The predicted octanol–water partition coefficient (Wildman–Crippen LogP) is 2.07. The molecule has 5 heteroatoms. The molecule has 1 aromatic heterocycles. The third kappa shape index (κ3) is 2.71. The van der Waals surface area contributed by atoms with Gasteiger partial charge in [-0.1, -0.05) is 27.2 Å². The van der Waals surface area contributed by atoms with Crippen molar-refractivity contribution in [1.82, 2.24) is 20.5 Å². The third-order valence-corrected chi connectivity index (χ3v) is 3.78. The molecule has 0 saturated heterocycles. The molecule has 2 N–H and O–H groups in total. The number of rotatable bonds is 4. The van der Waals surface area contributed by atoms with Gasteiger partial charge >= 0.3 is 0 Å². The van der Waals surface area contributed by atoms with E-state index in [9.17, 15) is 4.79 Å². The summed E-state index contributed by atoms with van der Waals surface area (Å²) in [5.41, 5.74) is 0.179. The average Bonchev–Trinajstić information content (AvgIpc) is 2.87. The maximum Gasteiger partial charge on any atom is 0.291 e. The smallest absolute Gasteiger partial charge is 0.291 e. The molecule has 1 aromatic rings. The van der Waals surface area contributed by atoms with Crippen LogP contribution in [0.15, 0.2) is 0 Å². The molecule has 1 aliphatic carbocycles. The zero-order chi connectivity index (χ0) is 13.2. The van der Waals surface area contributed by atoms with E-state index in [0.717, 1.165) is 31.5 Å². The third-order valence-electron chi connectivity index (χ3n) is 3.78. The second-order valence-electron chi connectivity index (χ2n) is 5.76. The average molecular weight is 250 g/mol. The fourth-order valence-electron chi connectivity index (χ4n) is 2.56. The highest BCUT2D eigenvalue weighted by Gasteiger charge is 2.35. The molecule has 1 unspecified atom stereocenters. The summed E-state index contributed by atoms with van der Waals surface area (Å²) < 4.78 is 0. The molecule has 0 aromatic carbocycles. The minimum atomic E-state index is -0.159. The topological polar surface area (TPSA) is 70.7 Å². The molecule has 1 aliphatic rings. The summed E-state index contributed by atoms with van der Waals surface area (Å²) in [6, 6.07) is 0.234. The van der Waals surface area contributed by atoms with Crippen molar-refractivity contribution in [2.75, 3.05) is 0 Å². The van der Waals surface area contributed by atoms with Gasteiger partial charge < -0.3 is 5.32 Å². The summed E-state index contributed by atoms with van der Waals surface area (Å²) in [5, 5.41) is 9.84. The van der Waals surface area contributed by atoms with Crippen LogP contribution in [0.3, 0.4) is 0 Å². The first-order valence-corrected chi connectivity index (χ1v) is 6.75. The van der Waals surface area contributed by atoms with E-state index in [1.807, 2.05) is 0 Å². The fourth-order valence-corrected chi connectivity index (χ4v) is 2.56. The van der Waals surface area contributed by atoms with E-state index < -0.39 is 0 Å². The van der Waals surface area contributed by atoms with Crippen LogP contribution in [0.1, 0.15) is 62.9 Å². The van der Waals surface area contributed by atoms with Crippen molar-refractivity contribution >= 4 is 5.91 Å². The number of amides is 1. The Balaban J connectivity index is 1.98. The lowest BCUT2D eigenvalue weighted by atomic mass is 9.87. The van der Waals surface area contributed by atoms with Gasteiger partial charge in [0.25, 0.3) is 5.91 Å². The van der Waals surface area contributed by atoms with Crippen molar-refractivity contribution in [3.8, 4) is 0 Å². The van der Waals surface area contributed by atoms with Crippen LogP contribution in [-0.4, -0.2) is 27.1 Å². The number of carbonyl (C=O) groups excluding carboxylic acids is 1. The molecule has 1 atom stereocenters. The Morgan fingerprint density at radius 1 is 1.56 bits per heavy atom. The van der Waals surface area contributed by atoms with Gasteiger partial charge in [-0.05, 0) is 24.7 Å². The normalized spacial score (nSPS) is 22.1. The first kappa shape index (κ1) is 13.1. The predicted molar refractivity (Wildman–Crippen MR) is 69.3 cm³/mol. The highest BCUT2D eigenvalue weighted by Crippen LogP contribution is 2.37. The van der Waals surface area contributed by atoms with Gasteiger partial charge in [-0.3, -0.25) is 9.89 Å². The van der Waals surface area contributed by atoms with Crippen LogP contribution >= 0.6 is 0 Å². The van der Waals surface area contributed by atoms with Crippen LogP contribution in [0.25, 0.3) is 0 Å². The zero-order valence-electron chi connectivity index (χ0n) is 11.4.